The maximum Gasteiger partial charge on any atom is 0.0514 e. The Balaban J connectivity index is 2.20. The first kappa shape index (κ1) is 10.7. The van der Waals surface area contributed by atoms with Crippen LogP contribution in [0.4, 0.5) is 0 Å². The molecule has 0 spiro atoms. The Bertz CT molecular complexity index is 653. The molecule has 0 aliphatic carbocycles. The lowest BCUT2D eigenvalue weighted by molar-refractivity contribution is 1.45. The Kier molecular flexibility index (Phi) is 2.58. The van der Waals surface area contributed by atoms with E-state index in [9.17, 15) is 0 Å². The van der Waals surface area contributed by atoms with Crippen LogP contribution in [0.5, 0.6) is 0 Å². The minimum Gasteiger partial charge on any atom is -0.354 e. The highest BCUT2D eigenvalue weighted by Crippen LogP contribution is 2.31. The van der Waals surface area contributed by atoms with Crippen LogP contribution in [0.25, 0.3) is 22.2 Å². The standard InChI is InChI=1S/C14H9Cl2N/c15-10-5-6-11(12(16)8-10)14-7-9-3-1-2-4-13(9)17-14/h1-8,17H. The zero-order valence-corrected chi connectivity index (χ0v) is 10.4. The molecule has 0 fully saturated rings. The van der Waals surface area contributed by atoms with Gasteiger partial charge in [-0.3, -0.25) is 0 Å². The molecule has 0 aliphatic rings. The van der Waals surface area contributed by atoms with Gasteiger partial charge in [0.25, 0.3) is 0 Å². The molecule has 17 heavy (non-hydrogen) atoms. The van der Waals surface area contributed by atoms with Crippen LogP contribution in [0.1, 0.15) is 0 Å². The minimum absolute atomic E-state index is 0.648. The SMILES string of the molecule is Clc1ccc(-c2cc3ccccc3[nH]2)c(Cl)c1. The molecule has 0 atom stereocenters. The Labute approximate surface area is 109 Å². The van der Waals surface area contributed by atoms with Crippen molar-refractivity contribution >= 4 is 34.1 Å². The summed E-state index contributed by atoms with van der Waals surface area (Å²) in [6, 6.07) is 15.7. The van der Waals surface area contributed by atoms with Crippen molar-refractivity contribution in [1.29, 1.82) is 0 Å². The number of hydrogen-bond donors (Lipinski definition) is 1. The van der Waals surface area contributed by atoms with E-state index >= 15 is 0 Å². The quantitative estimate of drug-likeness (QED) is 0.624. The van der Waals surface area contributed by atoms with E-state index in [1.165, 1.54) is 5.39 Å². The molecule has 3 heteroatoms. The molecule has 1 N–H and O–H groups in total. The smallest absolute Gasteiger partial charge is 0.0514 e. The molecule has 1 heterocycles. The topological polar surface area (TPSA) is 15.8 Å². The molecular formula is C14H9Cl2N. The van der Waals surface area contributed by atoms with Gasteiger partial charge in [-0.2, -0.15) is 0 Å². The second-order valence-corrected chi connectivity index (χ2v) is 4.74. The number of aromatic amines is 1. The van der Waals surface area contributed by atoms with Gasteiger partial charge in [0.15, 0.2) is 0 Å². The fraction of sp³-hybridized carbons (Fsp3) is 0. The summed E-state index contributed by atoms with van der Waals surface area (Å²) in [6.07, 6.45) is 0. The highest BCUT2D eigenvalue weighted by atomic mass is 35.5. The van der Waals surface area contributed by atoms with E-state index in [4.69, 9.17) is 23.2 Å². The number of fused-ring (bicyclic) bond motifs is 1. The Morgan fingerprint density at radius 2 is 1.71 bits per heavy atom. The number of benzene rings is 2. The molecule has 84 valence electrons. The van der Waals surface area contributed by atoms with Crippen molar-refractivity contribution in [2.45, 2.75) is 0 Å². The Morgan fingerprint density at radius 1 is 0.882 bits per heavy atom. The second kappa shape index (κ2) is 4.10. The highest BCUT2D eigenvalue weighted by molar-refractivity contribution is 6.36. The van der Waals surface area contributed by atoms with E-state index in [1.807, 2.05) is 30.3 Å². The van der Waals surface area contributed by atoms with Gasteiger partial charge in [-0.1, -0.05) is 41.4 Å². The first-order valence-electron chi connectivity index (χ1n) is 5.27. The third-order valence-electron chi connectivity index (χ3n) is 2.75. The average Bonchev–Trinajstić information content (AvgIpc) is 2.72. The summed E-state index contributed by atoms with van der Waals surface area (Å²) in [5, 5.41) is 2.48. The monoisotopic (exact) mass is 261 g/mol. The Morgan fingerprint density at radius 3 is 2.47 bits per heavy atom. The van der Waals surface area contributed by atoms with Crippen LogP contribution in [-0.2, 0) is 0 Å². The molecular weight excluding hydrogens is 253 g/mol. The molecule has 3 aromatic rings. The summed E-state index contributed by atoms with van der Waals surface area (Å²) in [4.78, 5) is 3.34. The number of H-pyrrole nitrogens is 1. The number of para-hydroxylation sites is 1. The summed E-state index contributed by atoms with van der Waals surface area (Å²) in [5.41, 5.74) is 3.08. The summed E-state index contributed by atoms with van der Waals surface area (Å²) >= 11 is 12.1. The number of halogens is 2. The average molecular weight is 262 g/mol. The zero-order valence-electron chi connectivity index (χ0n) is 8.87. The highest BCUT2D eigenvalue weighted by Gasteiger charge is 2.07. The van der Waals surface area contributed by atoms with E-state index in [2.05, 4.69) is 17.1 Å². The maximum atomic E-state index is 6.19. The van der Waals surface area contributed by atoms with E-state index in [-0.39, 0.29) is 0 Å². The van der Waals surface area contributed by atoms with Crippen LogP contribution in [0.2, 0.25) is 10.0 Å². The fourth-order valence-electron chi connectivity index (χ4n) is 1.93. The van der Waals surface area contributed by atoms with Crippen LogP contribution in [0.3, 0.4) is 0 Å². The van der Waals surface area contributed by atoms with Crippen LogP contribution < -0.4 is 0 Å². The number of rotatable bonds is 1. The van der Waals surface area contributed by atoms with Gasteiger partial charge in [0.2, 0.25) is 0 Å². The maximum absolute atomic E-state index is 6.19. The van der Waals surface area contributed by atoms with E-state index in [0.717, 1.165) is 16.8 Å². The molecule has 2 aromatic carbocycles. The first-order chi connectivity index (χ1) is 8.24. The van der Waals surface area contributed by atoms with Gasteiger partial charge in [0.1, 0.15) is 0 Å². The van der Waals surface area contributed by atoms with Gasteiger partial charge >= 0.3 is 0 Å². The van der Waals surface area contributed by atoms with Crippen molar-refractivity contribution < 1.29 is 0 Å². The molecule has 0 radical (unpaired) electrons. The van der Waals surface area contributed by atoms with Gasteiger partial charge in [-0.05, 0) is 30.3 Å². The lowest BCUT2D eigenvalue weighted by Gasteiger charge is -2.01. The van der Waals surface area contributed by atoms with E-state index < -0.39 is 0 Å². The normalized spacial score (nSPS) is 10.9. The first-order valence-corrected chi connectivity index (χ1v) is 6.03. The third kappa shape index (κ3) is 1.92. The van der Waals surface area contributed by atoms with E-state index in [1.54, 1.807) is 6.07 Å². The summed E-state index contributed by atoms with van der Waals surface area (Å²) in [6.45, 7) is 0. The largest absolute Gasteiger partial charge is 0.354 e. The van der Waals surface area contributed by atoms with Gasteiger partial charge < -0.3 is 4.98 Å². The molecule has 0 amide bonds. The summed E-state index contributed by atoms with van der Waals surface area (Å²) in [7, 11) is 0. The number of hydrogen-bond acceptors (Lipinski definition) is 0. The third-order valence-corrected chi connectivity index (χ3v) is 3.30. The van der Waals surface area contributed by atoms with Gasteiger partial charge in [0.05, 0.1) is 5.02 Å². The molecule has 3 rings (SSSR count). The fourth-order valence-corrected chi connectivity index (χ4v) is 2.44. The van der Waals surface area contributed by atoms with Crippen LogP contribution >= 0.6 is 23.2 Å². The molecule has 0 unspecified atom stereocenters. The number of aromatic nitrogens is 1. The van der Waals surface area contributed by atoms with Gasteiger partial charge in [-0.15, -0.1) is 0 Å². The molecule has 0 aliphatic heterocycles. The van der Waals surface area contributed by atoms with Crippen LogP contribution in [0, 0.1) is 0 Å². The van der Waals surface area contributed by atoms with E-state index in [0.29, 0.717) is 10.0 Å². The van der Waals surface area contributed by atoms with Crippen molar-refractivity contribution in [2.24, 2.45) is 0 Å². The minimum atomic E-state index is 0.648. The molecule has 1 nitrogen and oxygen atoms in total. The van der Waals surface area contributed by atoms with Crippen molar-refractivity contribution in [3.63, 3.8) is 0 Å². The van der Waals surface area contributed by atoms with Crippen LogP contribution in [0.15, 0.2) is 48.5 Å². The predicted octanol–water partition coefficient (Wildman–Crippen LogP) is 5.14. The lowest BCUT2D eigenvalue weighted by Crippen LogP contribution is -1.78. The summed E-state index contributed by atoms with van der Waals surface area (Å²) in [5.74, 6) is 0. The second-order valence-electron chi connectivity index (χ2n) is 3.89. The van der Waals surface area contributed by atoms with Crippen LogP contribution in [-0.4, -0.2) is 4.98 Å². The number of nitrogens with one attached hydrogen (secondary N) is 1. The van der Waals surface area contributed by atoms with Gasteiger partial charge in [-0.25, -0.2) is 0 Å². The zero-order chi connectivity index (χ0) is 11.8. The molecule has 1 aromatic heterocycles. The lowest BCUT2D eigenvalue weighted by atomic mass is 10.1. The van der Waals surface area contributed by atoms with Gasteiger partial charge in [0, 0.05) is 27.2 Å². The predicted molar refractivity (Wildman–Crippen MR) is 73.8 cm³/mol. The molecule has 0 saturated carbocycles. The molecule has 0 saturated heterocycles. The van der Waals surface area contributed by atoms with Crippen molar-refractivity contribution in [2.75, 3.05) is 0 Å². The summed E-state index contributed by atoms with van der Waals surface area (Å²) < 4.78 is 0. The van der Waals surface area contributed by atoms with Crippen molar-refractivity contribution in [3.8, 4) is 11.3 Å². The van der Waals surface area contributed by atoms with Crippen molar-refractivity contribution in [3.05, 3.63) is 58.6 Å². The molecule has 0 bridgehead atoms. The Hall–Kier alpha value is -1.44. The van der Waals surface area contributed by atoms with Crippen molar-refractivity contribution in [1.82, 2.24) is 4.98 Å².